The zero-order valence-corrected chi connectivity index (χ0v) is 33.1. The maximum absolute atomic E-state index is 6.43. The molecule has 0 amide bonds. The van der Waals surface area contributed by atoms with Crippen LogP contribution in [0.25, 0.3) is 27.8 Å². The third-order valence-electron chi connectivity index (χ3n) is 11.3. The van der Waals surface area contributed by atoms with Crippen molar-refractivity contribution in [2.75, 3.05) is 34.4 Å². The van der Waals surface area contributed by atoms with E-state index in [4.69, 9.17) is 21.4 Å². The lowest BCUT2D eigenvalue weighted by atomic mass is 9.93. The molecule has 2 heterocycles. The number of nitrogens with two attached hydrogens (primary N) is 2. The SMILES string of the molecule is CC1=CC2=Nc3ccc(NCCCCCCCCNc4cc5c(cc4C)nc4cc(C)c(N)cc4[n+]5-c4ccccc4)c(C)c3N(c3ccccc3)C2C=C1N. The Hall–Kier alpha value is -6.15. The van der Waals surface area contributed by atoms with Gasteiger partial charge in [0.2, 0.25) is 16.7 Å². The highest BCUT2D eigenvalue weighted by Crippen LogP contribution is 2.46. The van der Waals surface area contributed by atoms with Crippen molar-refractivity contribution in [3.8, 4) is 5.69 Å². The second-order valence-electron chi connectivity index (χ2n) is 15.4. The molecular weight excluding hydrogens is 689 g/mol. The van der Waals surface area contributed by atoms with Gasteiger partial charge in [-0.3, -0.25) is 0 Å². The van der Waals surface area contributed by atoms with Crippen LogP contribution < -0.4 is 31.6 Å². The molecule has 1 aliphatic heterocycles. The zero-order valence-electron chi connectivity index (χ0n) is 33.1. The minimum absolute atomic E-state index is 0.0383. The Morgan fingerprint density at radius 1 is 0.679 bits per heavy atom. The fraction of sp³-hybridized carbons (Fsp3) is 0.271. The van der Waals surface area contributed by atoms with Crippen molar-refractivity contribution < 1.29 is 4.57 Å². The molecule has 6 N–H and O–H groups in total. The summed E-state index contributed by atoms with van der Waals surface area (Å²) in [5.41, 5.74) is 30.6. The third kappa shape index (κ3) is 7.31. The molecule has 8 rings (SSSR count). The van der Waals surface area contributed by atoms with Crippen LogP contribution >= 0.6 is 0 Å². The highest BCUT2D eigenvalue weighted by atomic mass is 15.2. The number of fused-ring (bicyclic) bond motifs is 4. The van der Waals surface area contributed by atoms with Crippen LogP contribution in [0.1, 0.15) is 62.1 Å². The number of rotatable bonds is 13. The lowest BCUT2D eigenvalue weighted by Crippen LogP contribution is -2.41. The van der Waals surface area contributed by atoms with Gasteiger partial charge in [-0.05, 0) is 111 Å². The van der Waals surface area contributed by atoms with E-state index < -0.39 is 0 Å². The number of benzene rings is 5. The Labute approximate surface area is 330 Å². The molecule has 0 fully saturated rings. The van der Waals surface area contributed by atoms with Gasteiger partial charge < -0.3 is 27.0 Å². The second kappa shape index (κ2) is 15.9. The monoisotopic (exact) mass is 741 g/mol. The van der Waals surface area contributed by atoms with Gasteiger partial charge >= 0.3 is 0 Å². The van der Waals surface area contributed by atoms with E-state index in [-0.39, 0.29) is 6.04 Å². The number of aromatic nitrogens is 2. The van der Waals surface area contributed by atoms with Gasteiger partial charge in [-0.1, -0.05) is 62.1 Å². The van der Waals surface area contributed by atoms with Crippen LogP contribution in [0.5, 0.6) is 0 Å². The van der Waals surface area contributed by atoms with Crippen LogP contribution in [0.4, 0.5) is 34.1 Å². The molecule has 0 bridgehead atoms. The van der Waals surface area contributed by atoms with Crippen LogP contribution in [0.3, 0.4) is 0 Å². The average Bonchev–Trinajstić information content (AvgIpc) is 3.20. The van der Waals surface area contributed by atoms with Gasteiger partial charge in [-0.15, -0.1) is 4.57 Å². The number of aliphatic imine (C=N–C) groups is 1. The van der Waals surface area contributed by atoms with Gasteiger partial charge in [0.05, 0.1) is 23.1 Å². The fourth-order valence-corrected chi connectivity index (χ4v) is 8.14. The van der Waals surface area contributed by atoms with E-state index in [1.165, 1.54) is 36.8 Å². The van der Waals surface area contributed by atoms with Crippen molar-refractivity contribution in [2.45, 2.75) is 72.3 Å². The van der Waals surface area contributed by atoms with Gasteiger partial charge in [-0.25, -0.2) is 9.98 Å². The Morgan fingerprint density at radius 2 is 1.30 bits per heavy atom. The lowest BCUT2D eigenvalue weighted by Gasteiger charge is -2.39. The summed E-state index contributed by atoms with van der Waals surface area (Å²) in [6.07, 6.45) is 11.4. The molecule has 0 saturated carbocycles. The summed E-state index contributed by atoms with van der Waals surface area (Å²) < 4.78 is 2.28. The number of hydrogen-bond acceptors (Lipinski definition) is 7. The quantitative estimate of drug-likeness (QED) is 0.0406. The normalized spacial score (nSPS) is 14.9. The summed E-state index contributed by atoms with van der Waals surface area (Å²) in [6.45, 7) is 10.3. The predicted octanol–water partition coefficient (Wildman–Crippen LogP) is 10.4. The van der Waals surface area contributed by atoms with Crippen molar-refractivity contribution >= 4 is 61.9 Å². The Bertz CT molecular complexity index is 2500. The molecule has 56 heavy (non-hydrogen) atoms. The highest BCUT2D eigenvalue weighted by Gasteiger charge is 2.33. The van der Waals surface area contributed by atoms with Gasteiger partial charge in [0.15, 0.2) is 0 Å². The first-order valence-corrected chi connectivity index (χ1v) is 20.1. The van der Waals surface area contributed by atoms with E-state index in [1.807, 2.05) is 13.0 Å². The van der Waals surface area contributed by atoms with Crippen LogP contribution in [-0.4, -0.2) is 29.8 Å². The molecule has 1 aromatic heterocycles. The molecule has 5 aromatic carbocycles. The molecule has 0 saturated heterocycles. The topological polar surface area (TPSA) is 108 Å². The average molecular weight is 742 g/mol. The largest absolute Gasteiger partial charge is 0.399 e. The maximum Gasteiger partial charge on any atom is 0.239 e. The number of anilines is 5. The van der Waals surface area contributed by atoms with Crippen molar-refractivity contribution in [3.63, 3.8) is 0 Å². The van der Waals surface area contributed by atoms with E-state index in [0.29, 0.717) is 0 Å². The Morgan fingerprint density at radius 3 is 2.02 bits per heavy atom. The van der Waals surface area contributed by atoms with Crippen LogP contribution in [0.15, 0.2) is 125 Å². The smallest absolute Gasteiger partial charge is 0.239 e. The highest BCUT2D eigenvalue weighted by molar-refractivity contribution is 6.11. The van der Waals surface area contributed by atoms with Crippen molar-refractivity contribution in [1.82, 2.24) is 4.98 Å². The minimum Gasteiger partial charge on any atom is -0.399 e. The number of allylic oxidation sites excluding steroid dienone is 1. The summed E-state index contributed by atoms with van der Waals surface area (Å²) >= 11 is 0. The molecule has 0 spiro atoms. The molecule has 1 aliphatic carbocycles. The molecule has 0 radical (unpaired) electrons. The zero-order chi connectivity index (χ0) is 38.8. The van der Waals surface area contributed by atoms with E-state index in [2.05, 4.69) is 144 Å². The number of nitrogen functional groups attached to an aromatic ring is 1. The van der Waals surface area contributed by atoms with Gasteiger partial charge in [0.1, 0.15) is 11.0 Å². The van der Waals surface area contributed by atoms with Gasteiger partial charge in [0.25, 0.3) is 0 Å². The number of para-hydroxylation sites is 2. The first-order chi connectivity index (χ1) is 27.3. The van der Waals surface area contributed by atoms with Gasteiger partial charge in [-0.2, -0.15) is 0 Å². The first kappa shape index (κ1) is 36.8. The fourth-order valence-electron chi connectivity index (χ4n) is 8.14. The second-order valence-corrected chi connectivity index (χ2v) is 15.4. The Kier molecular flexibility index (Phi) is 10.5. The summed E-state index contributed by atoms with van der Waals surface area (Å²) in [6, 6.07) is 34.0. The molecule has 284 valence electrons. The standard InChI is InChI=1S/C48H52N8/c1-31-25-42-45(28-37(31)49)55(35-17-11-9-12-18-35)47-30-41(33(3)27-44(47)54-42)52-24-16-8-6-5-7-15-23-51-39-21-22-40-48(34(39)4)56(36-19-13-10-14-20-36)46-29-38(50)32(2)26-43(46)53-40/h9-14,17-22,25-30,46,51H,5-8,15-16,23-24,50H2,1-4H3,(H2,49,52)/p+1. The van der Waals surface area contributed by atoms with E-state index >= 15 is 0 Å². The molecule has 8 heteroatoms. The van der Waals surface area contributed by atoms with Crippen LogP contribution in [0.2, 0.25) is 0 Å². The number of nitrogens with one attached hydrogen (secondary N) is 2. The van der Waals surface area contributed by atoms with Crippen molar-refractivity contribution in [1.29, 1.82) is 0 Å². The van der Waals surface area contributed by atoms with Crippen LogP contribution in [0, 0.1) is 20.8 Å². The van der Waals surface area contributed by atoms with Crippen LogP contribution in [-0.2, 0) is 0 Å². The lowest BCUT2D eigenvalue weighted by molar-refractivity contribution is -0.538. The molecule has 6 aromatic rings. The molecule has 1 atom stereocenters. The molecule has 1 unspecified atom stereocenters. The van der Waals surface area contributed by atoms with Crippen molar-refractivity contribution in [2.24, 2.45) is 10.7 Å². The van der Waals surface area contributed by atoms with Gasteiger partial charge in [0, 0.05) is 65.8 Å². The number of unbranched alkanes of at least 4 members (excludes halogenated alkanes) is 5. The summed E-state index contributed by atoms with van der Waals surface area (Å²) in [5, 5.41) is 7.49. The molecule has 2 aliphatic rings. The molecule has 8 nitrogen and oxygen atoms in total. The van der Waals surface area contributed by atoms with E-state index in [1.54, 1.807) is 0 Å². The van der Waals surface area contributed by atoms with Crippen molar-refractivity contribution in [3.05, 3.63) is 137 Å². The number of nitrogens with zero attached hydrogens (tertiary/aromatic N) is 4. The summed E-state index contributed by atoms with van der Waals surface area (Å²) in [7, 11) is 0. The maximum atomic E-state index is 6.43. The summed E-state index contributed by atoms with van der Waals surface area (Å²) in [5.74, 6) is 0. The predicted molar refractivity (Wildman–Crippen MR) is 236 cm³/mol. The Balaban J connectivity index is 0.850. The molecular formula is C48H53N8+. The third-order valence-corrected chi connectivity index (χ3v) is 11.3. The minimum atomic E-state index is -0.0383. The van der Waals surface area contributed by atoms with E-state index in [0.717, 1.165) is 110 Å². The van der Waals surface area contributed by atoms with E-state index in [9.17, 15) is 0 Å². The first-order valence-electron chi connectivity index (χ1n) is 20.1. The number of hydrogen-bond donors (Lipinski definition) is 4. The number of aryl methyl sites for hydroxylation is 2. The summed E-state index contributed by atoms with van der Waals surface area (Å²) in [4.78, 5) is 12.6.